The number of oxazole rings is 1. The first-order valence-electron chi connectivity index (χ1n) is 12.7. The first kappa shape index (κ1) is 26.4. The molecule has 0 atom stereocenters. The van der Waals surface area contributed by atoms with Crippen molar-refractivity contribution in [3.63, 3.8) is 0 Å². The summed E-state index contributed by atoms with van der Waals surface area (Å²) >= 11 is 1.43. The van der Waals surface area contributed by atoms with E-state index in [4.69, 9.17) is 28.6 Å². The first-order chi connectivity index (χ1) is 19.0. The van der Waals surface area contributed by atoms with Gasteiger partial charge in [0.2, 0.25) is 5.89 Å². The van der Waals surface area contributed by atoms with E-state index in [-0.39, 0.29) is 5.56 Å². The number of rotatable bonds is 10. The Balaban J connectivity index is 1.48. The number of benzene rings is 3. The lowest BCUT2D eigenvalue weighted by Crippen LogP contribution is -2.21. The van der Waals surface area contributed by atoms with Crippen molar-refractivity contribution >= 4 is 22.7 Å². The van der Waals surface area contributed by atoms with E-state index in [1.54, 1.807) is 17.7 Å². The number of fused-ring (bicyclic) bond motifs is 1. The van der Waals surface area contributed by atoms with Gasteiger partial charge in [0.05, 0.1) is 42.6 Å². The van der Waals surface area contributed by atoms with Crippen LogP contribution in [-0.4, -0.2) is 34.9 Å². The molecule has 0 saturated heterocycles. The van der Waals surface area contributed by atoms with Gasteiger partial charge in [-0.2, -0.15) is 0 Å². The molecule has 0 N–H and O–H groups in total. The second-order valence-corrected chi connectivity index (χ2v) is 9.53. The predicted molar refractivity (Wildman–Crippen MR) is 152 cm³/mol. The van der Waals surface area contributed by atoms with Gasteiger partial charge in [-0.1, -0.05) is 23.9 Å². The van der Waals surface area contributed by atoms with Gasteiger partial charge in [-0.25, -0.2) is 9.97 Å². The minimum atomic E-state index is -0.133. The molecular weight excluding hydrogens is 514 g/mol. The van der Waals surface area contributed by atoms with Gasteiger partial charge >= 0.3 is 0 Å². The molecule has 5 rings (SSSR count). The quantitative estimate of drug-likeness (QED) is 0.147. The van der Waals surface area contributed by atoms with E-state index in [1.807, 2.05) is 81.4 Å². The zero-order chi connectivity index (χ0) is 27.4. The molecule has 2 aromatic heterocycles. The molecule has 0 aliphatic carbocycles. The van der Waals surface area contributed by atoms with Crippen molar-refractivity contribution in [3.8, 4) is 34.4 Å². The SMILES string of the molecule is CCOc1ccc(-n2c(SCc3nc(-c4ccc(OCC)c(OC)c4)oc3C)nc3ccccc3c2=O)cc1. The maximum Gasteiger partial charge on any atom is 0.266 e. The molecule has 0 radical (unpaired) electrons. The van der Waals surface area contributed by atoms with Crippen LogP contribution in [0.3, 0.4) is 0 Å². The molecule has 5 aromatic rings. The van der Waals surface area contributed by atoms with Gasteiger partial charge < -0.3 is 18.6 Å². The summed E-state index contributed by atoms with van der Waals surface area (Å²) in [6, 6.07) is 20.4. The molecule has 8 nitrogen and oxygen atoms in total. The molecule has 3 aromatic carbocycles. The van der Waals surface area contributed by atoms with E-state index in [9.17, 15) is 4.79 Å². The topological polar surface area (TPSA) is 88.6 Å². The number of hydrogen-bond acceptors (Lipinski definition) is 8. The zero-order valence-corrected chi connectivity index (χ0v) is 23.1. The number of aromatic nitrogens is 3. The third-order valence-electron chi connectivity index (χ3n) is 6.09. The van der Waals surface area contributed by atoms with Gasteiger partial charge in [0.25, 0.3) is 5.56 Å². The molecule has 0 saturated carbocycles. The molecule has 0 bridgehead atoms. The van der Waals surface area contributed by atoms with Crippen LogP contribution in [0.5, 0.6) is 17.2 Å². The molecule has 200 valence electrons. The number of ether oxygens (including phenoxy) is 3. The van der Waals surface area contributed by atoms with Crippen LogP contribution < -0.4 is 19.8 Å². The number of thioether (sulfide) groups is 1. The van der Waals surface area contributed by atoms with Crippen LogP contribution in [0.15, 0.2) is 81.1 Å². The van der Waals surface area contributed by atoms with Crippen molar-refractivity contribution in [1.82, 2.24) is 14.5 Å². The Morgan fingerprint density at radius 3 is 2.44 bits per heavy atom. The fraction of sp³-hybridized carbons (Fsp3) is 0.233. The van der Waals surface area contributed by atoms with Gasteiger partial charge in [-0.15, -0.1) is 0 Å². The number of hydrogen-bond donors (Lipinski definition) is 0. The van der Waals surface area contributed by atoms with Crippen LogP contribution in [0.2, 0.25) is 0 Å². The van der Waals surface area contributed by atoms with E-state index in [0.717, 1.165) is 17.0 Å². The monoisotopic (exact) mass is 543 g/mol. The van der Waals surface area contributed by atoms with Crippen molar-refractivity contribution < 1.29 is 18.6 Å². The molecule has 0 spiro atoms. The summed E-state index contributed by atoms with van der Waals surface area (Å²) in [5, 5.41) is 1.12. The molecule has 0 fully saturated rings. The summed E-state index contributed by atoms with van der Waals surface area (Å²) in [4.78, 5) is 23.2. The zero-order valence-electron chi connectivity index (χ0n) is 22.3. The fourth-order valence-electron chi connectivity index (χ4n) is 4.19. The standard InChI is InChI=1S/C30H29N3O5S/c1-5-36-22-14-12-21(13-15-22)33-29(34)23-9-7-8-10-24(23)32-30(33)39-18-25-19(3)38-28(31-25)20-11-16-26(37-6-2)27(17-20)35-4/h7-17H,5-6,18H2,1-4H3. The first-order valence-corrected chi connectivity index (χ1v) is 13.7. The number of para-hydroxylation sites is 1. The van der Waals surface area contributed by atoms with Crippen molar-refractivity contribution in [2.75, 3.05) is 20.3 Å². The largest absolute Gasteiger partial charge is 0.494 e. The molecule has 2 heterocycles. The predicted octanol–water partition coefficient (Wildman–Crippen LogP) is 6.45. The van der Waals surface area contributed by atoms with Crippen molar-refractivity contribution in [1.29, 1.82) is 0 Å². The van der Waals surface area contributed by atoms with E-state index >= 15 is 0 Å². The number of methoxy groups -OCH3 is 1. The third kappa shape index (κ3) is 5.49. The van der Waals surface area contributed by atoms with E-state index < -0.39 is 0 Å². The Hall–Kier alpha value is -4.24. The lowest BCUT2D eigenvalue weighted by atomic mass is 10.2. The molecule has 9 heteroatoms. The smallest absolute Gasteiger partial charge is 0.266 e. The second kappa shape index (κ2) is 11.7. The van der Waals surface area contributed by atoms with Crippen LogP contribution in [0, 0.1) is 6.92 Å². The van der Waals surface area contributed by atoms with Gasteiger partial charge in [0, 0.05) is 11.3 Å². The minimum absolute atomic E-state index is 0.133. The average molecular weight is 544 g/mol. The van der Waals surface area contributed by atoms with Crippen LogP contribution >= 0.6 is 11.8 Å². The summed E-state index contributed by atoms with van der Waals surface area (Å²) < 4.78 is 24.3. The Labute approximate surface area is 230 Å². The highest BCUT2D eigenvalue weighted by atomic mass is 32.2. The Morgan fingerprint density at radius 2 is 1.69 bits per heavy atom. The maximum atomic E-state index is 13.6. The van der Waals surface area contributed by atoms with Crippen LogP contribution in [0.4, 0.5) is 0 Å². The third-order valence-corrected chi connectivity index (χ3v) is 7.04. The lowest BCUT2D eigenvalue weighted by Gasteiger charge is -2.13. The van der Waals surface area contributed by atoms with E-state index in [2.05, 4.69) is 0 Å². The Morgan fingerprint density at radius 1 is 0.923 bits per heavy atom. The maximum absolute atomic E-state index is 13.6. The Kier molecular flexibility index (Phi) is 7.88. The Bertz CT molecular complexity index is 1660. The summed E-state index contributed by atoms with van der Waals surface area (Å²) in [6.45, 7) is 6.85. The van der Waals surface area contributed by atoms with E-state index in [0.29, 0.717) is 63.9 Å². The van der Waals surface area contributed by atoms with Crippen molar-refractivity contribution in [2.45, 2.75) is 31.7 Å². The summed E-state index contributed by atoms with van der Waals surface area (Å²) in [6.07, 6.45) is 0. The lowest BCUT2D eigenvalue weighted by molar-refractivity contribution is 0.311. The number of aryl methyl sites for hydroxylation is 1. The highest BCUT2D eigenvalue weighted by Crippen LogP contribution is 2.34. The average Bonchev–Trinajstić information content (AvgIpc) is 3.33. The normalized spacial score (nSPS) is 11.1. The van der Waals surface area contributed by atoms with Crippen LogP contribution in [0.1, 0.15) is 25.3 Å². The minimum Gasteiger partial charge on any atom is -0.494 e. The second-order valence-electron chi connectivity index (χ2n) is 8.59. The summed E-state index contributed by atoms with van der Waals surface area (Å²) in [5.41, 5.74) is 2.77. The van der Waals surface area contributed by atoms with E-state index in [1.165, 1.54) is 11.8 Å². The number of nitrogens with zero attached hydrogens (tertiary/aromatic N) is 3. The van der Waals surface area contributed by atoms with Gasteiger partial charge in [0.1, 0.15) is 11.5 Å². The summed E-state index contributed by atoms with van der Waals surface area (Å²) in [5.74, 6) is 3.67. The summed E-state index contributed by atoms with van der Waals surface area (Å²) in [7, 11) is 1.60. The molecular formula is C30H29N3O5S. The van der Waals surface area contributed by atoms with Gasteiger partial charge in [-0.3, -0.25) is 9.36 Å². The van der Waals surface area contributed by atoms with Crippen LogP contribution in [0.25, 0.3) is 28.0 Å². The molecule has 0 aliphatic rings. The van der Waals surface area contributed by atoms with Gasteiger partial charge in [0.15, 0.2) is 16.7 Å². The highest BCUT2D eigenvalue weighted by Gasteiger charge is 2.18. The molecule has 39 heavy (non-hydrogen) atoms. The van der Waals surface area contributed by atoms with Crippen LogP contribution in [-0.2, 0) is 5.75 Å². The molecule has 0 aliphatic heterocycles. The molecule has 0 unspecified atom stereocenters. The fourth-order valence-corrected chi connectivity index (χ4v) is 5.20. The molecule has 0 amide bonds. The highest BCUT2D eigenvalue weighted by molar-refractivity contribution is 7.98. The van der Waals surface area contributed by atoms with Gasteiger partial charge in [-0.05, 0) is 75.4 Å². The van der Waals surface area contributed by atoms with Crippen molar-refractivity contribution in [3.05, 3.63) is 88.5 Å². The van der Waals surface area contributed by atoms with Crippen molar-refractivity contribution in [2.24, 2.45) is 0 Å².